The van der Waals surface area contributed by atoms with E-state index in [2.05, 4.69) is 25.1 Å². The molecule has 2 aromatic rings. The van der Waals surface area contributed by atoms with Crippen LogP contribution in [-0.2, 0) is 12.5 Å². The van der Waals surface area contributed by atoms with Crippen LogP contribution in [-0.4, -0.2) is 84.9 Å². The summed E-state index contributed by atoms with van der Waals surface area (Å²) in [4.78, 5) is 27.1. The Morgan fingerprint density at radius 2 is 1.79 bits per heavy atom. The van der Waals surface area contributed by atoms with Gasteiger partial charge in [-0.15, -0.1) is 0 Å². The summed E-state index contributed by atoms with van der Waals surface area (Å²) in [6.45, 7) is 5.91. The molecule has 10 nitrogen and oxygen atoms in total. The molecule has 182 valence electrons. The van der Waals surface area contributed by atoms with Gasteiger partial charge in [-0.25, -0.2) is 14.5 Å². The van der Waals surface area contributed by atoms with Crippen molar-refractivity contribution in [2.75, 3.05) is 39.3 Å². The number of hydrogen-bond acceptors (Lipinski definition) is 7. The molecule has 3 aliphatic heterocycles. The second-order valence-corrected chi connectivity index (χ2v) is 11.5. The molecule has 0 aromatic carbocycles. The summed E-state index contributed by atoms with van der Waals surface area (Å²) >= 11 is 0. The van der Waals surface area contributed by atoms with Gasteiger partial charge in [-0.2, -0.15) is 18.9 Å². The molecule has 2 saturated carbocycles. The third-order valence-electron chi connectivity index (χ3n) is 8.16. The molecule has 3 saturated heterocycles. The van der Waals surface area contributed by atoms with Gasteiger partial charge in [0.1, 0.15) is 6.33 Å². The highest BCUT2D eigenvalue weighted by molar-refractivity contribution is 5.77. The number of nitrogens with zero attached hydrogens (tertiary/aromatic N) is 8. The second kappa shape index (κ2) is 6.73. The molecule has 7 rings (SSSR count). The molecule has 0 bridgehead atoms. The predicted octanol–water partition coefficient (Wildman–Crippen LogP) is 2.22. The molecular formula is C22H28F2N8O2. The number of urea groups is 1. The Hall–Kier alpha value is -2.63. The van der Waals surface area contributed by atoms with Crippen LogP contribution in [0.15, 0.2) is 10.9 Å². The second-order valence-electron chi connectivity index (χ2n) is 11.5. The van der Waals surface area contributed by atoms with Crippen molar-refractivity contribution in [3.05, 3.63) is 23.9 Å². The highest BCUT2D eigenvalue weighted by Crippen LogP contribution is 2.54. The molecule has 0 atom stereocenters. The van der Waals surface area contributed by atoms with E-state index >= 15 is 0 Å². The number of amides is 2. The lowest BCUT2D eigenvalue weighted by Gasteiger charge is -2.63. The van der Waals surface area contributed by atoms with Crippen molar-refractivity contribution >= 4 is 6.03 Å². The zero-order chi connectivity index (χ0) is 23.3. The van der Waals surface area contributed by atoms with E-state index < -0.39 is 11.7 Å². The molecule has 5 aliphatic rings. The maximum atomic E-state index is 13.3. The minimum Gasteiger partial charge on any atom is -0.338 e. The number of rotatable bonds is 5. The van der Waals surface area contributed by atoms with Crippen molar-refractivity contribution in [1.82, 2.24) is 39.6 Å². The molecule has 0 radical (unpaired) electrons. The van der Waals surface area contributed by atoms with Gasteiger partial charge in [0.05, 0.1) is 12.6 Å². The Morgan fingerprint density at radius 3 is 2.41 bits per heavy atom. The van der Waals surface area contributed by atoms with Gasteiger partial charge in [0, 0.05) is 62.9 Å². The highest BCUT2D eigenvalue weighted by Gasteiger charge is 2.58. The summed E-state index contributed by atoms with van der Waals surface area (Å²) < 4.78 is 33.5. The maximum Gasteiger partial charge on any atom is 0.320 e. The molecule has 0 unspecified atom stereocenters. The lowest BCUT2D eigenvalue weighted by atomic mass is 9.60. The number of aromatic nitrogens is 5. The topological polar surface area (TPSA) is 96.4 Å². The number of hydrogen-bond donors (Lipinski definition) is 0. The minimum absolute atomic E-state index is 0.115. The lowest BCUT2D eigenvalue weighted by molar-refractivity contribution is -0.121. The molecule has 2 amide bonds. The van der Waals surface area contributed by atoms with E-state index in [0.717, 1.165) is 64.9 Å². The summed E-state index contributed by atoms with van der Waals surface area (Å²) in [5.41, 5.74) is 0.379. The smallest absolute Gasteiger partial charge is 0.320 e. The van der Waals surface area contributed by atoms with Crippen LogP contribution in [0.4, 0.5) is 13.6 Å². The van der Waals surface area contributed by atoms with Gasteiger partial charge in [-0.3, -0.25) is 4.90 Å². The zero-order valence-electron chi connectivity index (χ0n) is 19.2. The molecule has 5 heterocycles. The van der Waals surface area contributed by atoms with E-state index in [9.17, 15) is 13.6 Å². The van der Waals surface area contributed by atoms with E-state index in [1.165, 1.54) is 12.8 Å². The SMILES string of the molecule is CC(F)(F)c1noc(CN2CC3(C2)CN(C(=O)N2CC4(CC(n5cnc(C6CC6)n5)C4)C2)C3)n1. The monoisotopic (exact) mass is 474 g/mol. The Bertz CT molecular complexity index is 1110. The van der Waals surface area contributed by atoms with Crippen LogP contribution >= 0.6 is 0 Å². The quantitative estimate of drug-likeness (QED) is 0.656. The maximum absolute atomic E-state index is 13.3. The molecular weight excluding hydrogens is 446 g/mol. The highest BCUT2D eigenvalue weighted by atomic mass is 19.3. The summed E-state index contributed by atoms with van der Waals surface area (Å²) in [6.07, 6.45) is 6.45. The molecule has 12 heteroatoms. The predicted molar refractivity (Wildman–Crippen MR) is 113 cm³/mol. The van der Waals surface area contributed by atoms with Crippen molar-refractivity contribution in [3.8, 4) is 0 Å². The van der Waals surface area contributed by atoms with Crippen LogP contribution < -0.4 is 0 Å². The first kappa shape index (κ1) is 20.7. The fraction of sp³-hybridized carbons (Fsp3) is 0.773. The van der Waals surface area contributed by atoms with E-state index in [4.69, 9.17) is 4.52 Å². The van der Waals surface area contributed by atoms with Crippen molar-refractivity contribution in [2.45, 2.75) is 57.0 Å². The van der Waals surface area contributed by atoms with Crippen LogP contribution in [0.3, 0.4) is 0 Å². The average Bonchev–Trinajstić information content (AvgIpc) is 3.19. The number of carbonyl (C=O) groups is 1. The van der Waals surface area contributed by atoms with E-state index in [1.807, 2.05) is 20.8 Å². The molecule has 2 aliphatic carbocycles. The molecule has 2 aromatic heterocycles. The summed E-state index contributed by atoms with van der Waals surface area (Å²) in [5.74, 6) is -1.89. The van der Waals surface area contributed by atoms with E-state index in [-0.39, 0.29) is 22.8 Å². The lowest BCUT2D eigenvalue weighted by Crippen LogP contribution is -2.75. The first-order valence-electron chi connectivity index (χ1n) is 12.1. The average molecular weight is 475 g/mol. The van der Waals surface area contributed by atoms with Crippen LogP contribution in [0.25, 0.3) is 0 Å². The standard InChI is InChI=1S/C22H28F2N8O2/c1-20(23,24)18-26-16(34-28-18)6-29-7-22(8-29)11-31(12-22)19(33)30-9-21(10-30)4-15(5-21)32-13-25-17(27-32)14-2-3-14/h13-15H,2-12H2,1H3. The zero-order valence-corrected chi connectivity index (χ0v) is 19.2. The normalized spacial score (nSPS) is 25.7. The van der Waals surface area contributed by atoms with Gasteiger partial charge >= 0.3 is 12.0 Å². The van der Waals surface area contributed by atoms with Gasteiger partial charge < -0.3 is 14.3 Å². The van der Waals surface area contributed by atoms with Crippen LogP contribution in [0.2, 0.25) is 0 Å². The minimum atomic E-state index is -3.10. The summed E-state index contributed by atoms with van der Waals surface area (Å²) in [5, 5.41) is 8.03. The van der Waals surface area contributed by atoms with Gasteiger partial charge in [0.25, 0.3) is 0 Å². The molecule has 2 spiro atoms. The number of carbonyl (C=O) groups excluding carboxylic acids is 1. The fourth-order valence-corrected chi connectivity index (χ4v) is 6.28. The van der Waals surface area contributed by atoms with Crippen LogP contribution in [0, 0.1) is 10.8 Å². The van der Waals surface area contributed by atoms with Gasteiger partial charge in [-0.05, 0) is 25.7 Å². The third kappa shape index (κ3) is 3.32. The first-order chi connectivity index (χ1) is 16.2. The van der Waals surface area contributed by atoms with Crippen LogP contribution in [0.5, 0.6) is 0 Å². The van der Waals surface area contributed by atoms with Gasteiger partial charge in [-0.1, -0.05) is 5.16 Å². The van der Waals surface area contributed by atoms with Gasteiger partial charge in [0.15, 0.2) is 5.82 Å². The van der Waals surface area contributed by atoms with E-state index in [1.54, 1.807) is 0 Å². The van der Waals surface area contributed by atoms with Crippen molar-refractivity contribution < 1.29 is 18.1 Å². The van der Waals surface area contributed by atoms with Crippen molar-refractivity contribution in [3.63, 3.8) is 0 Å². The summed E-state index contributed by atoms with van der Waals surface area (Å²) in [6, 6.07) is 0.561. The Labute approximate surface area is 195 Å². The molecule has 0 N–H and O–H groups in total. The van der Waals surface area contributed by atoms with Crippen LogP contribution in [0.1, 0.15) is 62.1 Å². The molecule has 5 fully saturated rings. The van der Waals surface area contributed by atoms with Crippen molar-refractivity contribution in [2.24, 2.45) is 10.8 Å². The first-order valence-corrected chi connectivity index (χ1v) is 12.1. The third-order valence-corrected chi connectivity index (χ3v) is 8.16. The Balaban J connectivity index is 0.844. The number of alkyl halides is 2. The summed E-state index contributed by atoms with van der Waals surface area (Å²) in [7, 11) is 0. The van der Waals surface area contributed by atoms with E-state index in [0.29, 0.717) is 18.5 Å². The fourth-order valence-electron chi connectivity index (χ4n) is 6.28. The van der Waals surface area contributed by atoms with Gasteiger partial charge in [0.2, 0.25) is 11.7 Å². The Kier molecular flexibility index (Phi) is 4.10. The molecule has 34 heavy (non-hydrogen) atoms. The Morgan fingerprint density at radius 1 is 1.12 bits per heavy atom. The largest absolute Gasteiger partial charge is 0.338 e. The number of likely N-dealkylation sites (tertiary alicyclic amines) is 3. The van der Waals surface area contributed by atoms with Crippen molar-refractivity contribution in [1.29, 1.82) is 0 Å². The number of halogens is 2.